The highest BCUT2D eigenvalue weighted by atomic mass is 19.1. The van der Waals surface area contributed by atoms with Gasteiger partial charge in [-0.05, 0) is 45.2 Å². The Hall–Kier alpha value is -2.14. The average Bonchev–Trinajstić information content (AvgIpc) is 2.95. The van der Waals surface area contributed by atoms with Gasteiger partial charge in [0.1, 0.15) is 11.6 Å². The lowest BCUT2D eigenvalue weighted by Crippen LogP contribution is -2.18. The van der Waals surface area contributed by atoms with Gasteiger partial charge in [0.05, 0.1) is 5.69 Å². The molecule has 3 rings (SSSR count). The molecule has 2 aromatic heterocycles. The third kappa shape index (κ3) is 2.83. The number of hydrogen-bond donors (Lipinski definition) is 1. The van der Waals surface area contributed by atoms with Crippen LogP contribution in [0.4, 0.5) is 4.39 Å². The van der Waals surface area contributed by atoms with Crippen LogP contribution in [0.25, 0.3) is 10.9 Å². The maximum atomic E-state index is 13.2. The highest BCUT2D eigenvalue weighted by Crippen LogP contribution is 2.19. The van der Waals surface area contributed by atoms with E-state index in [9.17, 15) is 4.39 Å². The lowest BCUT2D eigenvalue weighted by molar-refractivity contribution is 0.312. The maximum absolute atomic E-state index is 13.2. The number of aromatic amines is 1. The molecule has 0 aliphatic heterocycles. The summed E-state index contributed by atoms with van der Waals surface area (Å²) in [4.78, 5) is 5.49. The molecule has 0 aliphatic carbocycles. The predicted molar refractivity (Wildman–Crippen MR) is 79.4 cm³/mol. The predicted octanol–water partition coefficient (Wildman–Crippen LogP) is 3.54. The van der Waals surface area contributed by atoms with Crippen LogP contribution in [0.15, 0.2) is 28.8 Å². The molecule has 0 bridgehead atoms. The van der Waals surface area contributed by atoms with Gasteiger partial charge in [-0.2, -0.15) is 0 Å². The summed E-state index contributed by atoms with van der Waals surface area (Å²) in [5.41, 5.74) is 4.07. The first-order chi connectivity index (χ1) is 10.0. The van der Waals surface area contributed by atoms with Gasteiger partial charge in [-0.15, -0.1) is 0 Å². The van der Waals surface area contributed by atoms with Gasteiger partial charge in [-0.1, -0.05) is 5.16 Å². The van der Waals surface area contributed by atoms with Crippen LogP contribution in [0.1, 0.15) is 22.7 Å². The largest absolute Gasteiger partial charge is 0.361 e. The summed E-state index contributed by atoms with van der Waals surface area (Å²) in [6.07, 6.45) is 0. The summed E-state index contributed by atoms with van der Waals surface area (Å²) < 4.78 is 18.4. The van der Waals surface area contributed by atoms with Gasteiger partial charge >= 0.3 is 0 Å². The molecule has 0 aliphatic rings. The van der Waals surface area contributed by atoms with Crippen LogP contribution >= 0.6 is 0 Å². The number of rotatable bonds is 4. The van der Waals surface area contributed by atoms with Gasteiger partial charge in [0.25, 0.3) is 0 Å². The molecule has 0 fully saturated rings. The van der Waals surface area contributed by atoms with Crippen LogP contribution in [0.2, 0.25) is 0 Å². The molecule has 21 heavy (non-hydrogen) atoms. The minimum Gasteiger partial charge on any atom is -0.361 e. The molecule has 0 amide bonds. The topological polar surface area (TPSA) is 45.1 Å². The summed E-state index contributed by atoms with van der Waals surface area (Å²) in [6, 6.07) is 6.77. The van der Waals surface area contributed by atoms with E-state index in [1.807, 2.05) is 27.0 Å². The number of hydrogen-bond acceptors (Lipinski definition) is 3. The fourth-order valence-electron chi connectivity index (χ4n) is 2.59. The molecule has 1 N–H and O–H groups in total. The van der Waals surface area contributed by atoms with Gasteiger partial charge in [-0.3, -0.25) is 4.90 Å². The van der Waals surface area contributed by atoms with E-state index >= 15 is 0 Å². The highest BCUT2D eigenvalue weighted by molar-refractivity contribution is 5.80. The molecule has 4 nitrogen and oxygen atoms in total. The lowest BCUT2D eigenvalue weighted by Gasteiger charge is -2.15. The normalized spacial score (nSPS) is 11.7. The number of benzene rings is 1. The molecule has 110 valence electrons. The Morgan fingerprint density at radius 2 is 2.05 bits per heavy atom. The molecule has 5 heteroatoms. The summed E-state index contributed by atoms with van der Waals surface area (Å²) in [5.74, 6) is 0.648. The first-order valence-electron chi connectivity index (χ1n) is 6.90. The summed E-state index contributed by atoms with van der Waals surface area (Å²) >= 11 is 0. The zero-order valence-corrected chi connectivity index (χ0v) is 12.4. The van der Waals surface area contributed by atoms with E-state index in [0.29, 0.717) is 0 Å². The molecule has 2 heterocycles. The van der Waals surface area contributed by atoms with E-state index in [1.54, 1.807) is 12.1 Å². The van der Waals surface area contributed by atoms with Crippen molar-refractivity contribution in [3.8, 4) is 0 Å². The first kappa shape index (κ1) is 13.8. The van der Waals surface area contributed by atoms with Gasteiger partial charge < -0.3 is 9.51 Å². The van der Waals surface area contributed by atoms with Crippen molar-refractivity contribution in [2.45, 2.75) is 26.9 Å². The number of H-pyrrole nitrogens is 1. The maximum Gasteiger partial charge on any atom is 0.138 e. The highest BCUT2D eigenvalue weighted by Gasteiger charge is 2.12. The van der Waals surface area contributed by atoms with E-state index in [0.717, 1.165) is 46.7 Å². The Morgan fingerprint density at radius 1 is 1.24 bits per heavy atom. The minimum absolute atomic E-state index is 0.211. The number of fused-ring (bicyclic) bond motifs is 1. The minimum atomic E-state index is -0.211. The third-order valence-electron chi connectivity index (χ3n) is 3.69. The van der Waals surface area contributed by atoms with Gasteiger partial charge in [0.15, 0.2) is 0 Å². The quantitative estimate of drug-likeness (QED) is 0.798. The van der Waals surface area contributed by atoms with E-state index < -0.39 is 0 Å². The molecule has 1 aromatic carbocycles. The van der Waals surface area contributed by atoms with Crippen molar-refractivity contribution in [2.24, 2.45) is 0 Å². The third-order valence-corrected chi connectivity index (χ3v) is 3.69. The second kappa shape index (κ2) is 5.33. The molecule has 3 aromatic rings. The Balaban J connectivity index is 1.75. The summed E-state index contributed by atoms with van der Waals surface area (Å²) in [7, 11) is 2.04. The van der Waals surface area contributed by atoms with Crippen molar-refractivity contribution < 1.29 is 8.91 Å². The number of nitrogens with zero attached hydrogens (tertiary/aromatic N) is 2. The van der Waals surface area contributed by atoms with E-state index in [4.69, 9.17) is 4.52 Å². The van der Waals surface area contributed by atoms with Gasteiger partial charge in [0.2, 0.25) is 0 Å². The molecule has 0 radical (unpaired) electrons. The SMILES string of the molecule is Cc1noc(C)c1CN(C)Cc1cc2cc(F)ccc2[nH]1. The molecule has 0 spiro atoms. The Labute approximate surface area is 122 Å². The van der Waals surface area contributed by atoms with Crippen LogP contribution in [0, 0.1) is 19.7 Å². The molecule has 0 unspecified atom stereocenters. The molecule has 0 saturated carbocycles. The zero-order chi connectivity index (χ0) is 15.0. The van der Waals surface area contributed by atoms with Crippen molar-refractivity contribution in [1.29, 1.82) is 0 Å². The monoisotopic (exact) mass is 287 g/mol. The fourth-order valence-corrected chi connectivity index (χ4v) is 2.59. The van der Waals surface area contributed by atoms with Crippen LogP contribution in [-0.4, -0.2) is 22.1 Å². The van der Waals surface area contributed by atoms with Gasteiger partial charge in [-0.25, -0.2) is 4.39 Å². The van der Waals surface area contributed by atoms with Crippen molar-refractivity contribution >= 4 is 10.9 Å². The lowest BCUT2D eigenvalue weighted by atomic mass is 10.2. The van der Waals surface area contributed by atoms with Crippen LogP contribution < -0.4 is 0 Å². The summed E-state index contributed by atoms with van der Waals surface area (Å²) in [5, 5.41) is 4.87. The Kier molecular flexibility index (Phi) is 3.51. The standard InChI is InChI=1S/C16H18FN3O/c1-10-15(11(2)21-19-10)9-20(3)8-14-7-12-6-13(17)4-5-16(12)18-14/h4-7,18H,8-9H2,1-3H3. The van der Waals surface area contributed by atoms with Crippen molar-refractivity contribution in [1.82, 2.24) is 15.0 Å². The average molecular weight is 287 g/mol. The molecule has 0 saturated heterocycles. The molecular formula is C16H18FN3O. The fraction of sp³-hybridized carbons (Fsp3) is 0.312. The number of nitrogens with one attached hydrogen (secondary N) is 1. The van der Waals surface area contributed by atoms with Crippen molar-refractivity contribution in [3.63, 3.8) is 0 Å². The number of aryl methyl sites for hydroxylation is 2. The van der Waals surface area contributed by atoms with E-state index in [-0.39, 0.29) is 5.82 Å². The Morgan fingerprint density at radius 3 is 2.76 bits per heavy atom. The molecule has 0 atom stereocenters. The van der Waals surface area contributed by atoms with Crippen LogP contribution in [0.3, 0.4) is 0 Å². The van der Waals surface area contributed by atoms with E-state index in [2.05, 4.69) is 15.0 Å². The molecular weight excluding hydrogens is 269 g/mol. The number of halogens is 1. The number of aromatic nitrogens is 2. The second-order valence-electron chi connectivity index (χ2n) is 5.50. The van der Waals surface area contributed by atoms with Gasteiger partial charge in [0, 0.05) is 35.2 Å². The Bertz CT molecular complexity index is 756. The second-order valence-corrected chi connectivity index (χ2v) is 5.50. The zero-order valence-electron chi connectivity index (χ0n) is 12.4. The van der Waals surface area contributed by atoms with Crippen molar-refractivity contribution in [3.05, 3.63) is 52.8 Å². The summed E-state index contributed by atoms with van der Waals surface area (Å²) in [6.45, 7) is 5.39. The van der Waals surface area contributed by atoms with Crippen LogP contribution in [0.5, 0.6) is 0 Å². The van der Waals surface area contributed by atoms with E-state index in [1.165, 1.54) is 6.07 Å². The first-order valence-corrected chi connectivity index (χ1v) is 6.90. The smallest absolute Gasteiger partial charge is 0.138 e. The van der Waals surface area contributed by atoms with Crippen molar-refractivity contribution in [2.75, 3.05) is 7.05 Å². The van der Waals surface area contributed by atoms with Crippen LogP contribution in [-0.2, 0) is 13.1 Å².